The standard InChI is InChI=1S/C19H31N5O2/c1-2-21-19(22-12-7-13-26-17-9-4-3-5-10-17)23-15-18(25)24-16-8-6-11-20-14-16/h6,8,11,14,17H,2-5,7,9-10,12-13,15H2,1H3,(H,24,25)(H2,21,22,23). The minimum absolute atomic E-state index is 0.0583. The number of guanidine groups is 1. The van der Waals surface area contributed by atoms with Crippen LogP contribution in [0.15, 0.2) is 29.5 Å². The number of hydrogen-bond acceptors (Lipinski definition) is 4. The lowest BCUT2D eigenvalue weighted by Crippen LogP contribution is -2.38. The summed E-state index contributed by atoms with van der Waals surface area (Å²) in [7, 11) is 0. The van der Waals surface area contributed by atoms with E-state index in [9.17, 15) is 4.79 Å². The average Bonchev–Trinajstić information content (AvgIpc) is 2.67. The van der Waals surface area contributed by atoms with Crippen molar-refractivity contribution < 1.29 is 9.53 Å². The number of carbonyl (C=O) groups is 1. The molecule has 26 heavy (non-hydrogen) atoms. The number of rotatable bonds is 9. The van der Waals surface area contributed by atoms with E-state index >= 15 is 0 Å². The van der Waals surface area contributed by atoms with E-state index in [0.717, 1.165) is 26.1 Å². The quantitative estimate of drug-likeness (QED) is 0.357. The molecule has 1 saturated carbocycles. The third kappa shape index (κ3) is 8.29. The summed E-state index contributed by atoms with van der Waals surface area (Å²) in [4.78, 5) is 20.2. The van der Waals surface area contributed by atoms with E-state index in [1.54, 1.807) is 24.5 Å². The molecule has 1 aromatic rings. The van der Waals surface area contributed by atoms with Crippen LogP contribution < -0.4 is 16.0 Å². The van der Waals surface area contributed by atoms with Gasteiger partial charge in [0.15, 0.2) is 5.96 Å². The van der Waals surface area contributed by atoms with E-state index in [1.807, 2.05) is 6.92 Å². The Labute approximate surface area is 156 Å². The third-order valence-electron chi connectivity index (χ3n) is 4.19. The second-order valence-electron chi connectivity index (χ2n) is 6.40. The molecule has 0 spiro atoms. The summed E-state index contributed by atoms with van der Waals surface area (Å²) in [5.41, 5.74) is 0.672. The van der Waals surface area contributed by atoms with Gasteiger partial charge in [0.05, 0.1) is 18.0 Å². The lowest BCUT2D eigenvalue weighted by Gasteiger charge is -2.22. The minimum atomic E-state index is -0.171. The highest BCUT2D eigenvalue weighted by atomic mass is 16.5. The molecule has 0 bridgehead atoms. The molecule has 0 aliphatic heterocycles. The summed E-state index contributed by atoms with van der Waals surface area (Å²) in [6.45, 7) is 4.33. The van der Waals surface area contributed by atoms with Crippen molar-refractivity contribution in [3.05, 3.63) is 24.5 Å². The van der Waals surface area contributed by atoms with Crippen molar-refractivity contribution in [2.45, 2.75) is 51.6 Å². The first-order valence-corrected chi connectivity index (χ1v) is 9.61. The maximum Gasteiger partial charge on any atom is 0.246 e. The molecule has 0 saturated heterocycles. The zero-order chi connectivity index (χ0) is 18.5. The maximum absolute atomic E-state index is 12.0. The van der Waals surface area contributed by atoms with Crippen molar-refractivity contribution in [2.24, 2.45) is 4.99 Å². The highest BCUT2D eigenvalue weighted by Crippen LogP contribution is 2.20. The zero-order valence-corrected chi connectivity index (χ0v) is 15.7. The number of carbonyl (C=O) groups excluding carboxylic acids is 1. The highest BCUT2D eigenvalue weighted by molar-refractivity contribution is 5.93. The first-order chi connectivity index (χ1) is 12.8. The number of anilines is 1. The highest BCUT2D eigenvalue weighted by Gasteiger charge is 2.13. The molecule has 1 aliphatic rings. The molecule has 0 unspecified atom stereocenters. The summed E-state index contributed by atoms with van der Waals surface area (Å²) in [5, 5.41) is 9.16. The molecule has 1 aromatic heterocycles. The van der Waals surface area contributed by atoms with Crippen molar-refractivity contribution >= 4 is 17.6 Å². The monoisotopic (exact) mass is 361 g/mol. The average molecular weight is 361 g/mol. The molecule has 1 fully saturated rings. The molecule has 7 nitrogen and oxygen atoms in total. The summed E-state index contributed by atoms with van der Waals surface area (Å²) in [5.74, 6) is 0.474. The molecule has 0 aromatic carbocycles. The number of ether oxygens (including phenoxy) is 1. The van der Waals surface area contributed by atoms with Crippen LogP contribution in [-0.4, -0.2) is 49.2 Å². The predicted octanol–water partition coefficient (Wildman–Crippen LogP) is 2.31. The fourth-order valence-electron chi connectivity index (χ4n) is 2.89. The Morgan fingerprint density at radius 3 is 2.88 bits per heavy atom. The van der Waals surface area contributed by atoms with Crippen LogP contribution in [0.1, 0.15) is 45.4 Å². The van der Waals surface area contributed by atoms with E-state index in [0.29, 0.717) is 17.8 Å². The van der Waals surface area contributed by atoms with E-state index in [4.69, 9.17) is 4.74 Å². The summed E-state index contributed by atoms with van der Waals surface area (Å²) in [6.07, 6.45) is 11.0. The van der Waals surface area contributed by atoms with Gasteiger partial charge < -0.3 is 20.7 Å². The minimum Gasteiger partial charge on any atom is -0.378 e. The molecular weight excluding hydrogens is 330 g/mol. The summed E-state index contributed by atoms with van der Waals surface area (Å²) < 4.78 is 5.92. The Hall–Kier alpha value is -2.15. The molecule has 1 aliphatic carbocycles. The van der Waals surface area contributed by atoms with E-state index < -0.39 is 0 Å². The maximum atomic E-state index is 12.0. The van der Waals surface area contributed by atoms with Gasteiger partial charge >= 0.3 is 0 Å². The number of pyridine rings is 1. The van der Waals surface area contributed by atoms with Gasteiger partial charge in [-0.3, -0.25) is 9.78 Å². The Morgan fingerprint density at radius 1 is 1.31 bits per heavy atom. The number of nitrogens with one attached hydrogen (secondary N) is 3. The van der Waals surface area contributed by atoms with Gasteiger partial charge in [-0.15, -0.1) is 0 Å². The van der Waals surface area contributed by atoms with Gasteiger partial charge in [0.1, 0.15) is 6.54 Å². The van der Waals surface area contributed by atoms with Gasteiger partial charge in [-0.1, -0.05) is 19.3 Å². The molecule has 144 valence electrons. The topological polar surface area (TPSA) is 87.6 Å². The fraction of sp³-hybridized carbons (Fsp3) is 0.632. The normalized spacial score (nSPS) is 15.5. The molecule has 3 N–H and O–H groups in total. The van der Waals surface area contributed by atoms with Gasteiger partial charge in [-0.25, -0.2) is 4.99 Å². The molecule has 0 atom stereocenters. The molecule has 0 radical (unpaired) electrons. The Balaban J connectivity index is 1.64. The smallest absolute Gasteiger partial charge is 0.246 e. The number of aliphatic imine (C=N–C) groups is 1. The van der Waals surface area contributed by atoms with Crippen LogP contribution in [0.4, 0.5) is 5.69 Å². The first kappa shape index (κ1) is 20.2. The third-order valence-corrected chi connectivity index (χ3v) is 4.19. The van der Waals surface area contributed by atoms with Crippen molar-refractivity contribution in [3.63, 3.8) is 0 Å². The van der Waals surface area contributed by atoms with E-state index in [-0.39, 0.29) is 12.5 Å². The number of aromatic nitrogens is 1. The summed E-state index contributed by atoms with van der Waals surface area (Å²) in [6, 6.07) is 3.57. The molecule has 2 rings (SSSR count). The first-order valence-electron chi connectivity index (χ1n) is 9.61. The number of amides is 1. The van der Waals surface area contributed by atoms with Crippen molar-refractivity contribution in [1.29, 1.82) is 0 Å². The SMILES string of the molecule is CCNC(=NCC(=O)Nc1cccnc1)NCCCOC1CCCCC1. The lowest BCUT2D eigenvalue weighted by atomic mass is 9.98. The van der Waals surface area contributed by atoms with Crippen LogP contribution >= 0.6 is 0 Å². The van der Waals surface area contributed by atoms with Crippen molar-refractivity contribution in [1.82, 2.24) is 15.6 Å². The van der Waals surface area contributed by atoms with Crippen LogP contribution in [0.5, 0.6) is 0 Å². The van der Waals surface area contributed by atoms with Crippen molar-refractivity contribution in [3.8, 4) is 0 Å². The van der Waals surface area contributed by atoms with Gasteiger partial charge in [-0.2, -0.15) is 0 Å². The van der Waals surface area contributed by atoms with Crippen LogP contribution in [-0.2, 0) is 9.53 Å². The van der Waals surface area contributed by atoms with Crippen LogP contribution in [0.2, 0.25) is 0 Å². The van der Waals surface area contributed by atoms with Gasteiger partial charge in [0.25, 0.3) is 0 Å². The molecule has 1 amide bonds. The fourth-order valence-corrected chi connectivity index (χ4v) is 2.89. The largest absolute Gasteiger partial charge is 0.378 e. The van der Waals surface area contributed by atoms with Crippen LogP contribution in [0, 0.1) is 0 Å². The second-order valence-corrected chi connectivity index (χ2v) is 6.40. The molecule has 7 heteroatoms. The van der Waals surface area contributed by atoms with Crippen LogP contribution in [0.25, 0.3) is 0 Å². The van der Waals surface area contributed by atoms with Gasteiger partial charge in [-0.05, 0) is 38.3 Å². The number of nitrogens with zero attached hydrogens (tertiary/aromatic N) is 2. The Bertz CT molecular complexity index is 544. The predicted molar refractivity (Wildman–Crippen MR) is 104 cm³/mol. The van der Waals surface area contributed by atoms with Gasteiger partial charge in [0, 0.05) is 25.9 Å². The van der Waals surface area contributed by atoms with Crippen LogP contribution in [0.3, 0.4) is 0 Å². The Morgan fingerprint density at radius 2 is 2.15 bits per heavy atom. The molecule has 1 heterocycles. The van der Waals surface area contributed by atoms with Crippen molar-refractivity contribution in [2.75, 3.05) is 31.6 Å². The lowest BCUT2D eigenvalue weighted by molar-refractivity contribution is -0.114. The summed E-state index contributed by atoms with van der Waals surface area (Å²) >= 11 is 0. The number of hydrogen-bond donors (Lipinski definition) is 3. The second kappa shape index (κ2) is 12.2. The van der Waals surface area contributed by atoms with E-state index in [2.05, 4.69) is 25.9 Å². The van der Waals surface area contributed by atoms with Gasteiger partial charge in [0.2, 0.25) is 5.91 Å². The molecular formula is C19H31N5O2. The zero-order valence-electron chi connectivity index (χ0n) is 15.7. The Kier molecular flexibility index (Phi) is 9.50. The van der Waals surface area contributed by atoms with E-state index in [1.165, 1.54) is 32.1 Å².